The van der Waals surface area contributed by atoms with E-state index in [0.29, 0.717) is 26.1 Å². The molecule has 0 radical (unpaired) electrons. The first-order chi connectivity index (χ1) is 7.75. The first kappa shape index (κ1) is 11.8. The first-order valence-corrected chi connectivity index (χ1v) is 5.89. The lowest BCUT2D eigenvalue weighted by molar-refractivity contribution is -0.118. The third-order valence-electron chi connectivity index (χ3n) is 3.00. The minimum atomic E-state index is -0.161. The van der Waals surface area contributed by atoms with Crippen molar-refractivity contribution in [1.82, 2.24) is 4.90 Å². The van der Waals surface area contributed by atoms with E-state index in [-0.39, 0.29) is 12.1 Å². The van der Waals surface area contributed by atoms with E-state index < -0.39 is 0 Å². The molecule has 0 amide bonds. The molecule has 0 unspecified atom stereocenters. The van der Waals surface area contributed by atoms with E-state index in [1.165, 1.54) is 0 Å². The summed E-state index contributed by atoms with van der Waals surface area (Å²) in [6.45, 7) is 3.14. The van der Waals surface area contributed by atoms with Gasteiger partial charge in [-0.25, -0.2) is 0 Å². The molecule has 0 atom stereocenters. The fourth-order valence-corrected chi connectivity index (χ4v) is 2.08. The van der Waals surface area contributed by atoms with E-state index in [4.69, 9.17) is 9.47 Å². The van der Waals surface area contributed by atoms with Gasteiger partial charge < -0.3 is 14.4 Å². The van der Waals surface area contributed by atoms with Crippen molar-refractivity contribution in [2.45, 2.75) is 25.6 Å². The molecule has 0 saturated carbocycles. The Kier molecular flexibility index (Phi) is 4.09. The predicted octanol–water partition coefficient (Wildman–Crippen LogP) is 0.970. The summed E-state index contributed by atoms with van der Waals surface area (Å²) in [4.78, 5) is 14.1. The lowest BCUT2D eigenvalue weighted by atomic mass is 10.0. The van der Waals surface area contributed by atoms with Crippen molar-refractivity contribution < 1.29 is 14.3 Å². The summed E-state index contributed by atoms with van der Waals surface area (Å²) in [5.41, 5.74) is 0.951. The Bertz CT molecular complexity index is 282. The summed E-state index contributed by atoms with van der Waals surface area (Å²) >= 11 is 0. The number of carbonyl (C=O) groups excluding carboxylic acids is 1. The Balaban J connectivity index is 1.76. The van der Waals surface area contributed by atoms with Crippen molar-refractivity contribution in [1.29, 1.82) is 0 Å². The van der Waals surface area contributed by atoms with Crippen LogP contribution in [0.15, 0.2) is 11.6 Å². The molecule has 0 aromatic heterocycles. The van der Waals surface area contributed by atoms with Gasteiger partial charge in [0.15, 0.2) is 12.1 Å². The number of nitrogens with zero attached hydrogens (tertiary/aromatic N) is 1. The Morgan fingerprint density at radius 3 is 2.94 bits per heavy atom. The molecule has 4 nitrogen and oxygen atoms in total. The number of ether oxygens (including phenoxy) is 2. The van der Waals surface area contributed by atoms with Crippen LogP contribution in [0.2, 0.25) is 0 Å². The van der Waals surface area contributed by atoms with Gasteiger partial charge in [-0.3, -0.25) is 4.79 Å². The number of carbonyl (C=O) groups is 1. The van der Waals surface area contributed by atoms with Gasteiger partial charge in [-0.1, -0.05) is 6.08 Å². The third-order valence-corrected chi connectivity index (χ3v) is 3.00. The average Bonchev–Trinajstić information content (AvgIpc) is 2.78. The van der Waals surface area contributed by atoms with Crippen LogP contribution in [0.4, 0.5) is 0 Å². The van der Waals surface area contributed by atoms with E-state index in [9.17, 15) is 4.79 Å². The van der Waals surface area contributed by atoms with Crippen LogP contribution in [0.1, 0.15) is 19.3 Å². The average molecular weight is 225 g/mol. The maximum Gasteiger partial charge on any atom is 0.160 e. The minimum absolute atomic E-state index is 0.161. The second kappa shape index (κ2) is 5.57. The van der Waals surface area contributed by atoms with Crippen LogP contribution < -0.4 is 0 Å². The summed E-state index contributed by atoms with van der Waals surface area (Å²) in [6.07, 6.45) is 4.10. The van der Waals surface area contributed by atoms with Gasteiger partial charge in [-0.15, -0.1) is 0 Å². The van der Waals surface area contributed by atoms with Gasteiger partial charge in [0, 0.05) is 31.5 Å². The Morgan fingerprint density at radius 1 is 1.50 bits per heavy atom. The quantitative estimate of drug-likeness (QED) is 0.714. The molecule has 0 spiro atoms. The number of rotatable bonds is 4. The molecule has 16 heavy (non-hydrogen) atoms. The molecule has 0 aromatic carbocycles. The van der Waals surface area contributed by atoms with Gasteiger partial charge >= 0.3 is 0 Å². The SMILES string of the molecule is CN1CCC=C(C(=O)CCC2OCCO2)C1. The maximum absolute atomic E-state index is 11.9. The normalized spacial score (nSPS) is 23.4. The topological polar surface area (TPSA) is 38.8 Å². The highest BCUT2D eigenvalue weighted by Crippen LogP contribution is 2.15. The molecule has 2 aliphatic rings. The van der Waals surface area contributed by atoms with Crippen LogP contribution in [0.3, 0.4) is 0 Å². The molecule has 1 saturated heterocycles. The van der Waals surface area contributed by atoms with Gasteiger partial charge in [0.25, 0.3) is 0 Å². The molecule has 2 heterocycles. The highest BCUT2D eigenvalue weighted by atomic mass is 16.7. The molecule has 0 aromatic rings. The van der Waals surface area contributed by atoms with Crippen LogP contribution in [0, 0.1) is 0 Å². The number of ketones is 1. The van der Waals surface area contributed by atoms with Gasteiger partial charge in [0.2, 0.25) is 0 Å². The van der Waals surface area contributed by atoms with E-state index in [2.05, 4.69) is 11.0 Å². The monoisotopic (exact) mass is 225 g/mol. The van der Waals surface area contributed by atoms with Gasteiger partial charge in [0.05, 0.1) is 13.2 Å². The molecule has 0 N–H and O–H groups in total. The number of likely N-dealkylation sites (N-methyl/N-ethyl adjacent to an activating group) is 1. The zero-order valence-electron chi connectivity index (χ0n) is 9.78. The summed E-state index contributed by atoms with van der Waals surface area (Å²) in [7, 11) is 2.05. The van der Waals surface area contributed by atoms with Gasteiger partial charge in [-0.05, 0) is 13.5 Å². The largest absolute Gasteiger partial charge is 0.350 e. The second-order valence-corrected chi connectivity index (χ2v) is 4.39. The summed E-state index contributed by atoms with van der Waals surface area (Å²) in [5, 5.41) is 0. The van der Waals surface area contributed by atoms with E-state index in [1.54, 1.807) is 0 Å². The van der Waals surface area contributed by atoms with Gasteiger partial charge in [-0.2, -0.15) is 0 Å². The second-order valence-electron chi connectivity index (χ2n) is 4.39. The maximum atomic E-state index is 11.9. The number of hydrogen-bond acceptors (Lipinski definition) is 4. The van der Waals surface area contributed by atoms with E-state index in [0.717, 1.165) is 25.1 Å². The van der Waals surface area contributed by atoms with Crippen LogP contribution in [0.5, 0.6) is 0 Å². The Labute approximate surface area is 96.2 Å². The molecule has 90 valence electrons. The van der Waals surface area contributed by atoms with Crippen LogP contribution in [-0.2, 0) is 14.3 Å². The van der Waals surface area contributed by atoms with Crippen molar-refractivity contribution >= 4 is 5.78 Å². The fraction of sp³-hybridized carbons (Fsp3) is 0.750. The van der Waals surface area contributed by atoms with Crippen molar-refractivity contribution in [3.63, 3.8) is 0 Å². The molecular formula is C12H19NO3. The molecule has 0 aliphatic carbocycles. The van der Waals surface area contributed by atoms with Crippen LogP contribution >= 0.6 is 0 Å². The Morgan fingerprint density at radius 2 is 2.25 bits per heavy atom. The zero-order valence-corrected chi connectivity index (χ0v) is 9.78. The van der Waals surface area contributed by atoms with Crippen molar-refractivity contribution in [2.75, 3.05) is 33.4 Å². The standard InChI is InChI=1S/C12H19NO3/c1-13-6-2-3-10(9-13)11(14)4-5-12-15-7-8-16-12/h3,12H,2,4-9H2,1H3. The molecular weight excluding hydrogens is 206 g/mol. The summed E-state index contributed by atoms with van der Waals surface area (Å²) in [5.74, 6) is 0.241. The highest BCUT2D eigenvalue weighted by molar-refractivity contribution is 5.95. The summed E-state index contributed by atoms with van der Waals surface area (Å²) in [6, 6.07) is 0. The smallest absolute Gasteiger partial charge is 0.160 e. The van der Waals surface area contributed by atoms with E-state index >= 15 is 0 Å². The van der Waals surface area contributed by atoms with Gasteiger partial charge in [0.1, 0.15) is 0 Å². The minimum Gasteiger partial charge on any atom is -0.350 e. The lowest BCUT2D eigenvalue weighted by Gasteiger charge is -2.22. The van der Waals surface area contributed by atoms with Crippen molar-refractivity contribution in [3.05, 3.63) is 11.6 Å². The number of Topliss-reactive ketones (excluding diaryl/α,β-unsaturated/α-hetero) is 1. The fourth-order valence-electron chi connectivity index (χ4n) is 2.08. The van der Waals surface area contributed by atoms with Crippen molar-refractivity contribution in [2.24, 2.45) is 0 Å². The molecule has 0 bridgehead atoms. The lowest BCUT2D eigenvalue weighted by Crippen LogP contribution is -2.28. The highest BCUT2D eigenvalue weighted by Gasteiger charge is 2.20. The predicted molar refractivity (Wildman–Crippen MR) is 60.1 cm³/mol. The van der Waals surface area contributed by atoms with E-state index in [1.807, 2.05) is 7.05 Å². The Hall–Kier alpha value is -0.710. The summed E-state index contributed by atoms with van der Waals surface area (Å²) < 4.78 is 10.6. The van der Waals surface area contributed by atoms with Crippen molar-refractivity contribution in [3.8, 4) is 0 Å². The molecule has 2 rings (SSSR count). The zero-order chi connectivity index (χ0) is 11.4. The third kappa shape index (κ3) is 3.14. The first-order valence-electron chi connectivity index (χ1n) is 5.89. The molecule has 1 fully saturated rings. The van der Waals surface area contributed by atoms with Crippen LogP contribution in [-0.4, -0.2) is 50.3 Å². The molecule has 2 aliphatic heterocycles. The molecule has 4 heteroatoms. The van der Waals surface area contributed by atoms with Crippen LogP contribution in [0.25, 0.3) is 0 Å². The number of hydrogen-bond donors (Lipinski definition) is 0.